The molecule has 8 atom stereocenters. The van der Waals surface area contributed by atoms with Crippen LogP contribution in [0.5, 0.6) is 0 Å². The zero-order valence-corrected chi connectivity index (χ0v) is 38.6. The Bertz CT molecular complexity index is 2100. The molecule has 4 rings (SSSR count). The van der Waals surface area contributed by atoms with Gasteiger partial charge in [-0.3, -0.25) is 33.6 Å². The summed E-state index contributed by atoms with van der Waals surface area (Å²) in [4.78, 5) is 108. The van der Waals surface area contributed by atoms with Crippen molar-refractivity contribution >= 4 is 53.1 Å². The van der Waals surface area contributed by atoms with Crippen LogP contribution in [0.3, 0.4) is 0 Å². The summed E-state index contributed by atoms with van der Waals surface area (Å²) < 4.78 is 0. The van der Waals surface area contributed by atoms with Crippen molar-refractivity contribution in [3.8, 4) is 0 Å². The van der Waals surface area contributed by atoms with Crippen LogP contribution >= 0.6 is 0 Å². The molecule has 2 aromatic rings. The molecule has 0 bridgehead atoms. The number of fused-ring (bicyclic) bond motifs is 3. The quantitative estimate of drug-likeness (QED) is 0.0616. The molecule has 0 unspecified atom stereocenters. The number of benzene rings is 2. The fraction of sp³-hybridized carbons (Fsp3) is 0.542. The summed E-state index contributed by atoms with van der Waals surface area (Å²) in [5.41, 5.74) is 13.3. The predicted octanol–water partition coefficient (Wildman–Crippen LogP) is 2.84. The number of carboxylic acids is 2. The molecule has 2 aliphatic rings. The van der Waals surface area contributed by atoms with E-state index in [2.05, 4.69) is 46.5 Å². The van der Waals surface area contributed by atoms with Crippen molar-refractivity contribution in [1.82, 2.24) is 26.2 Å². The first kappa shape index (κ1) is 52.3. The molecule has 1 fully saturated rings. The monoisotopic (exact) mass is 917 g/mol. The van der Waals surface area contributed by atoms with Crippen LogP contribution < -0.4 is 38.1 Å². The van der Waals surface area contributed by atoms with Crippen LogP contribution in [0.25, 0.3) is 0 Å². The summed E-state index contributed by atoms with van der Waals surface area (Å²) in [6, 6.07) is 9.68. The Kier molecular flexibility index (Phi) is 19.3. The zero-order chi connectivity index (χ0) is 48.7. The molecule has 2 heterocycles. The molecule has 18 heteroatoms. The summed E-state index contributed by atoms with van der Waals surface area (Å²) in [5.74, 6) is -7.08. The van der Waals surface area contributed by atoms with E-state index in [1.54, 1.807) is 37.3 Å². The molecule has 360 valence electrons. The van der Waals surface area contributed by atoms with Crippen LogP contribution in [0.4, 0.5) is 5.69 Å². The lowest BCUT2D eigenvalue weighted by Gasteiger charge is -2.36. The molecule has 18 nitrogen and oxygen atoms in total. The number of nitrogens with one attached hydrogen (secondary N) is 5. The van der Waals surface area contributed by atoms with Crippen molar-refractivity contribution in [1.29, 1.82) is 0 Å². The smallest absolute Gasteiger partial charge is 0.326 e. The van der Waals surface area contributed by atoms with Gasteiger partial charge in [0.05, 0.1) is 6.54 Å². The lowest BCUT2D eigenvalue weighted by molar-refractivity contribution is -0.145. The van der Waals surface area contributed by atoms with E-state index < -0.39 is 102 Å². The Hall–Kier alpha value is -6.30. The van der Waals surface area contributed by atoms with Gasteiger partial charge in [0.15, 0.2) is 0 Å². The molecule has 11 N–H and O–H groups in total. The number of allylic oxidation sites excluding steroid dienone is 2. The van der Waals surface area contributed by atoms with E-state index in [0.29, 0.717) is 24.3 Å². The van der Waals surface area contributed by atoms with Crippen LogP contribution in [0, 0.1) is 11.8 Å². The molecular weight excluding hydrogens is 849 g/mol. The Morgan fingerprint density at radius 1 is 0.833 bits per heavy atom. The van der Waals surface area contributed by atoms with Gasteiger partial charge in [-0.1, -0.05) is 101 Å². The number of hydrogen-bond acceptors (Lipinski definition) is 10. The molecule has 1 saturated heterocycles. The van der Waals surface area contributed by atoms with Crippen LogP contribution in [0.2, 0.25) is 0 Å². The van der Waals surface area contributed by atoms with Gasteiger partial charge in [0.1, 0.15) is 36.4 Å². The predicted molar refractivity (Wildman–Crippen MR) is 247 cm³/mol. The number of anilines is 1. The van der Waals surface area contributed by atoms with Crippen molar-refractivity contribution in [3.05, 3.63) is 77.4 Å². The standard InChI is InChI=1S/C48H68N8O10/c1-6-30(5)41(55-39(58)27-49)44(63)53-36(25-31-15-8-7-9-16-31)45(64)56-37(43(62)51-34(20-22-40(59)60)42(61)52-35(46(65)66)19-21-38(50)57)26-48(24-23-29(4)14-12-13-28(2)3)32-17-10-11-18-33(32)54-47(48)56/h7-11,15-18,23,28,30,34-37,41,47,54H,6,12-14,19-22,24-27,49H2,1-5H3,(H2,50,57)(H,51,62)(H,52,61)(H,53,63)(H,55,58)(H,59,60)(H,65,66)/b29-23+/t30-,34-,35-,36-,37-,41-,47+,48+/m0/s1. The molecule has 0 spiro atoms. The van der Waals surface area contributed by atoms with Gasteiger partial charge in [-0.05, 0) is 74.5 Å². The van der Waals surface area contributed by atoms with E-state index >= 15 is 4.79 Å². The maximum Gasteiger partial charge on any atom is 0.326 e. The van der Waals surface area contributed by atoms with Crippen LogP contribution in [-0.4, -0.2) is 105 Å². The number of likely N-dealkylation sites (tertiary alicyclic amines) is 1. The third-order valence-electron chi connectivity index (χ3n) is 12.6. The van der Waals surface area contributed by atoms with Crippen LogP contribution in [0.15, 0.2) is 66.2 Å². The van der Waals surface area contributed by atoms with Crippen molar-refractivity contribution in [2.24, 2.45) is 23.3 Å². The third kappa shape index (κ3) is 13.9. The molecule has 0 aliphatic carbocycles. The van der Waals surface area contributed by atoms with E-state index in [0.717, 1.165) is 36.1 Å². The molecular formula is C48H68N8O10. The molecule has 2 aromatic carbocycles. The first-order chi connectivity index (χ1) is 31.3. The fourth-order valence-electron chi connectivity index (χ4n) is 8.76. The zero-order valence-electron chi connectivity index (χ0n) is 38.6. The second-order valence-electron chi connectivity index (χ2n) is 18.0. The van der Waals surface area contributed by atoms with Gasteiger partial charge in [-0.15, -0.1) is 0 Å². The highest BCUT2D eigenvalue weighted by Gasteiger charge is 2.61. The SMILES string of the molecule is CC[C@H](C)[C@H](NC(=O)CN)C(=O)N[C@@H](Cc1ccccc1)C(=O)N1[C@H]2Nc3ccccc3[C@@]2(C/C=C(\C)CCCC(C)C)C[C@H]1C(=O)N[C@@H](CCC(=O)O)C(=O)N[C@@H](CCC(N)=O)C(=O)O. The first-order valence-electron chi connectivity index (χ1n) is 22.8. The highest BCUT2D eigenvalue weighted by molar-refractivity contribution is 5.98. The van der Waals surface area contributed by atoms with Gasteiger partial charge < -0.3 is 53.2 Å². The maximum atomic E-state index is 15.6. The first-order valence-corrected chi connectivity index (χ1v) is 22.8. The maximum absolute atomic E-state index is 15.6. The topological polar surface area (TPSA) is 292 Å². The van der Waals surface area contributed by atoms with Crippen molar-refractivity contribution in [2.75, 3.05) is 11.9 Å². The summed E-state index contributed by atoms with van der Waals surface area (Å²) in [5, 5.41) is 33.6. The number of aliphatic carboxylic acids is 2. The van der Waals surface area contributed by atoms with Crippen LogP contribution in [-0.2, 0) is 50.2 Å². The minimum atomic E-state index is -1.59. The number of carbonyl (C=O) groups is 8. The van der Waals surface area contributed by atoms with Crippen molar-refractivity contribution in [3.63, 3.8) is 0 Å². The van der Waals surface area contributed by atoms with E-state index in [-0.39, 0.29) is 38.1 Å². The highest BCUT2D eigenvalue weighted by atomic mass is 16.4. The normalized spacial score (nSPS) is 19.8. The minimum Gasteiger partial charge on any atom is -0.481 e. The number of carbonyl (C=O) groups excluding carboxylic acids is 6. The molecule has 2 aliphatic heterocycles. The Morgan fingerprint density at radius 3 is 2.11 bits per heavy atom. The van der Waals surface area contributed by atoms with Gasteiger partial charge in [0.25, 0.3) is 0 Å². The van der Waals surface area contributed by atoms with Gasteiger partial charge in [0.2, 0.25) is 35.4 Å². The van der Waals surface area contributed by atoms with E-state index in [1.807, 2.05) is 38.1 Å². The number of nitrogens with zero attached hydrogens (tertiary/aromatic N) is 1. The molecule has 0 radical (unpaired) electrons. The Labute approximate surface area is 386 Å². The van der Waals surface area contributed by atoms with Gasteiger partial charge in [0, 0.05) is 30.4 Å². The molecule has 66 heavy (non-hydrogen) atoms. The second-order valence-corrected chi connectivity index (χ2v) is 18.0. The highest BCUT2D eigenvalue weighted by Crippen LogP contribution is 2.53. The van der Waals surface area contributed by atoms with Gasteiger partial charge >= 0.3 is 11.9 Å². The Morgan fingerprint density at radius 2 is 1.48 bits per heavy atom. The number of rotatable bonds is 26. The van der Waals surface area contributed by atoms with Crippen molar-refractivity contribution in [2.45, 2.75) is 147 Å². The number of carboxylic acid groups (broad SMARTS) is 2. The Balaban J connectivity index is 1.85. The molecule has 0 saturated carbocycles. The minimum absolute atomic E-state index is 0.0125. The van der Waals surface area contributed by atoms with Crippen LogP contribution in [0.1, 0.15) is 110 Å². The van der Waals surface area contributed by atoms with E-state index in [9.17, 15) is 43.8 Å². The average molecular weight is 917 g/mol. The fourth-order valence-corrected chi connectivity index (χ4v) is 8.76. The van der Waals surface area contributed by atoms with Gasteiger partial charge in [-0.25, -0.2) is 4.79 Å². The third-order valence-corrected chi connectivity index (χ3v) is 12.6. The largest absolute Gasteiger partial charge is 0.481 e. The number of para-hydroxylation sites is 1. The average Bonchev–Trinajstić information content (AvgIpc) is 3.77. The van der Waals surface area contributed by atoms with E-state index in [4.69, 9.17) is 11.5 Å². The summed E-state index contributed by atoms with van der Waals surface area (Å²) in [6.07, 6.45) is 3.25. The molecule has 6 amide bonds. The summed E-state index contributed by atoms with van der Waals surface area (Å²) in [7, 11) is 0. The number of primary amides is 1. The van der Waals surface area contributed by atoms with Gasteiger partial charge in [-0.2, -0.15) is 0 Å². The molecule has 0 aromatic heterocycles. The number of nitrogens with two attached hydrogens (primary N) is 2. The number of hydrogen-bond donors (Lipinski definition) is 9. The number of amides is 6. The lowest BCUT2D eigenvalue weighted by atomic mass is 9.74. The second kappa shape index (κ2) is 24.3. The van der Waals surface area contributed by atoms with E-state index in [1.165, 1.54) is 4.90 Å². The lowest BCUT2D eigenvalue weighted by Crippen LogP contribution is -2.62. The van der Waals surface area contributed by atoms with Crippen molar-refractivity contribution < 1.29 is 48.6 Å². The summed E-state index contributed by atoms with van der Waals surface area (Å²) in [6.45, 7) is 9.65. The summed E-state index contributed by atoms with van der Waals surface area (Å²) >= 11 is 0.